The molecule has 0 bridgehead atoms. The Labute approximate surface area is 87.9 Å². The average Bonchev–Trinajstić information content (AvgIpc) is 2.84. The lowest BCUT2D eigenvalue weighted by molar-refractivity contribution is 0.125. The van der Waals surface area contributed by atoms with Crippen LogP contribution < -0.4 is 5.06 Å². The summed E-state index contributed by atoms with van der Waals surface area (Å²) in [5.41, 5.74) is 0. The van der Waals surface area contributed by atoms with Gasteiger partial charge in [-0.2, -0.15) is 0 Å². The SMILES string of the molecule is CO[C@H]1C=C[C@H](N(O)c2cc(C)on2)C1. The van der Waals surface area contributed by atoms with Crippen molar-refractivity contribution in [3.8, 4) is 0 Å². The minimum absolute atomic E-state index is 0.0673. The second kappa shape index (κ2) is 4.04. The van der Waals surface area contributed by atoms with E-state index in [0.717, 1.165) is 11.5 Å². The molecule has 0 aromatic carbocycles. The first-order valence-electron chi connectivity index (χ1n) is 4.83. The standard InChI is InChI=1S/C10H14N2O3/c1-7-5-10(11-15-7)12(13)8-3-4-9(6-8)14-2/h3-5,8-9,13H,6H2,1-2H3/t8-,9-/m0/s1. The van der Waals surface area contributed by atoms with Gasteiger partial charge in [-0.3, -0.25) is 5.21 Å². The number of anilines is 1. The summed E-state index contributed by atoms with van der Waals surface area (Å²) in [6, 6.07) is 1.59. The van der Waals surface area contributed by atoms with Crippen LogP contribution in [0, 0.1) is 6.92 Å². The highest BCUT2D eigenvalue weighted by molar-refractivity contribution is 5.38. The Morgan fingerprint density at radius 3 is 2.93 bits per heavy atom. The van der Waals surface area contributed by atoms with Crippen LogP contribution in [0.1, 0.15) is 12.2 Å². The quantitative estimate of drug-likeness (QED) is 0.605. The fourth-order valence-corrected chi connectivity index (χ4v) is 1.63. The Kier molecular flexibility index (Phi) is 2.75. The zero-order valence-corrected chi connectivity index (χ0v) is 8.75. The number of aryl methyl sites for hydroxylation is 1. The van der Waals surface area contributed by atoms with Crippen LogP contribution in [0.2, 0.25) is 0 Å². The van der Waals surface area contributed by atoms with Gasteiger partial charge in [0.15, 0.2) is 5.82 Å². The molecule has 1 aliphatic carbocycles. The lowest BCUT2D eigenvalue weighted by Gasteiger charge is -2.20. The zero-order chi connectivity index (χ0) is 10.8. The molecule has 5 heteroatoms. The molecule has 0 saturated heterocycles. The highest BCUT2D eigenvalue weighted by atomic mass is 16.5. The average molecular weight is 210 g/mol. The van der Waals surface area contributed by atoms with Crippen LogP contribution in [0.25, 0.3) is 0 Å². The predicted molar refractivity (Wildman–Crippen MR) is 53.8 cm³/mol. The van der Waals surface area contributed by atoms with E-state index in [2.05, 4.69) is 5.16 Å². The van der Waals surface area contributed by atoms with Crippen molar-refractivity contribution in [1.82, 2.24) is 5.16 Å². The maximum Gasteiger partial charge on any atom is 0.196 e. The molecule has 0 amide bonds. The Bertz CT molecular complexity index is 361. The lowest BCUT2D eigenvalue weighted by Crippen LogP contribution is -2.30. The van der Waals surface area contributed by atoms with E-state index in [9.17, 15) is 5.21 Å². The maximum absolute atomic E-state index is 9.85. The topological polar surface area (TPSA) is 58.7 Å². The lowest BCUT2D eigenvalue weighted by atomic mass is 10.2. The molecule has 1 aromatic rings. The van der Waals surface area contributed by atoms with Gasteiger partial charge in [-0.15, -0.1) is 0 Å². The van der Waals surface area contributed by atoms with E-state index in [1.165, 1.54) is 0 Å². The van der Waals surface area contributed by atoms with Gasteiger partial charge in [0.2, 0.25) is 0 Å². The van der Waals surface area contributed by atoms with E-state index in [1.54, 1.807) is 20.1 Å². The molecular formula is C10H14N2O3. The summed E-state index contributed by atoms with van der Waals surface area (Å²) in [4.78, 5) is 0. The van der Waals surface area contributed by atoms with E-state index >= 15 is 0 Å². The van der Waals surface area contributed by atoms with E-state index in [4.69, 9.17) is 9.26 Å². The fraction of sp³-hybridized carbons (Fsp3) is 0.500. The second-order valence-electron chi connectivity index (χ2n) is 3.60. The first kappa shape index (κ1) is 10.2. The summed E-state index contributed by atoms with van der Waals surface area (Å²) in [5.74, 6) is 1.10. The molecule has 0 radical (unpaired) electrons. The summed E-state index contributed by atoms with van der Waals surface area (Å²) >= 11 is 0. The first-order valence-corrected chi connectivity index (χ1v) is 4.83. The maximum atomic E-state index is 9.85. The predicted octanol–water partition coefficient (Wildman–Crippen LogP) is 1.52. The summed E-state index contributed by atoms with van der Waals surface area (Å²) in [5, 5.41) is 14.7. The van der Waals surface area contributed by atoms with Crippen LogP contribution in [-0.2, 0) is 4.74 Å². The molecule has 0 fully saturated rings. The van der Waals surface area contributed by atoms with Gasteiger partial charge < -0.3 is 9.26 Å². The number of hydrogen-bond acceptors (Lipinski definition) is 5. The normalized spacial score (nSPS) is 24.7. The monoisotopic (exact) mass is 210 g/mol. The summed E-state index contributed by atoms with van der Waals surface area (Å²) in [6.45, 7) is 1.78. The molecule has 0 spiro atoms. The number of methoxy groups -OCH3 is 1. The third kappa shape index (κ3) is 2.03. The molecule has 2 rings (SSSR count). The van der Waals surface area contributed by atoms with E-state index in [-0.39, 0.29) is 12.1 Å². The minimum Gasteiger partial charge on any atom is -0.377 e. The van der Waals surface area contributed by atoms with Gasteiger partial charge in [-0.1, -0.05) is 17.3 Å². The van der Waals surface area contributed by atoms with Crippen molar-refractivity contribution in [3.05, 3.63) is 24.0 Å². The van der Waals surface area contributed by atoms with Crippen molar-refractivity contribution < 1.29 is 14.5 Å². The minimum atomic E-state index is -0.0977. The largest absolute Gasteiger partial charge is 0.377 e. The third-order valence-corrected chi connectivity index (χ3v) is 2.49. The molecule has 0 unspecified atom stereocenters. The fourth-order valence-electron chi connectivity index (χ4n) is 1.63. The second-order valence-corrected chi connectivity index (χ2v) is 3.60. The molecular weight excluding hydrogens is 196 g/mol. The van der Waals surface area contributed by atoms with Crippen LogP contribution in [0.5, 0.6) is 0 Å². The Hall–Kier alpha value is -1.33. The van der Waals surface area contributed by atoms with Gasteiger partial charge in [0.1, 0.15) is 5.76 Å². The van der Waals surface area contributed by atoms with Crippen molar-refractivity contribution in [2.24, 2.45) is 0 Å². The highest BCUT2D eigenvalue weighted by Gasteiger charge is 2.25. The van der Waals surface area contributed by atoms with E-state index in [1.807, 2.05) is 12.2 Å². The summed E-state index contributed by atoms with van der Waals surface area (Å²) in [6.07, 6.45) is 4.62. The van der Waals surface area contributed by atoms with Gasteiger partial charge >= 0.3 is 0 Å². The molecule has 1 aromatic heterocycles. The van der Waals surface area contributed by atoms with Gasteiger partial charge in [0.25, 0.3) is 0 Å². The number of hydroxylamine groups is 1. The van der Waals surface area contributed by atoms with Crippen molar-refractivity contribution in [3.63, 3.8) is 0 Å². The number of nitrogens with zero attached hydrogens (tertiary/aromatic N) is 2. The first-order chi connectivity index (χ1) is 7.20. The van der Waals surface area contributed by atoms with Gasteiger partial charge in [-0.05, 0) is 6.92 Å². The molecule has 1 heterocycles. The molecule has 5 nitrogen and oxygen atoms in total. The smallest absolute Gasteiger partial charge is 0.196 e. The van der Waals surface area contributed by atoms with E-state index in [0.29, 0.717) is 11.6 Å². The molecule has 1 aliphatic rings. The number of hydrogen-bond donors (Lipinski definition) is 1. The van der Waals surface area contributed by atoms with Gasteiger partial charge in [0.05, 0.1) is 12.1 Å². The molecule has 2 atom stereocenters. The van der Waals surface area contributed by atoms with Crippen LogP contribution in [-0.4, -0.2) is 29.6 Å². The van der Waals surface area contributed by atoms with Crippen molar-refractivity contribution >= 4 is 5.82 Å². The third-order valence-electron chi connectivity index (χ3n) is 2.49. The van der Waals surface area contributed by atoms with Crippen LogP contribution in [0.15, 0.2) is 22.7 Å². The molecule has 15 heavy (non-hydrogen) atoms. The van der Waals surface area contributed by atoms with Crippen LogP contribution in [0.4, 0.5) is 5.82 Å². The Morgan fingerprint density at radius 1 is 1.60 bits per heavy atom. The molecule has 0 saturated carbocycles. The Morgan fingerprint density at radius 2 is 2.40 bits per heavy atom. The number of ether oxygens (including phenoxy) is 1. The van der Waals surface area contributed by atoms with Crippen molar-refractivity contribution in [2.75, 3.05) is 12.2 Å². The van der Waals surface area contributed by atoms with E-state index < -0.39 is 0 Å². The highest BCUT2D eigenvalue weighted by Crippen LogP contribution is 2.22. The van der Waals surface area contributed by atoms with Gasteiger partial charge in [0, 0.05) is 19.6 Å². The molecule has 82 valence electrons. The summed E-state index contributed by atoms with van der Waals surface area (Å²) in [7, 11) is 1.65. The van der Waals surface area contributed by atoms with Crippen molar-refractivity contribution in [1.29, 1.82) is 0 Å². The summed E-state index contributed by atoms with van der Waals surface area (Å²) < 4.78 is 10.1. The van der Waals surface area contributed by atoms with Crippen LogP contribution >= 0.6 is 0 Å². The Balaban J connectivity index is 2.04. The zero-order valence-electron chi connectivity index (χ0n) is 8.75. The molecule has 0 aliphatic heterocycles. The van der Waals surface area contributed by atoms with Crippen molar-refractivity contribution in [2.45, 2.75) is 25.5 Å². The molecule has 1 N–H and O–H groups in total. The van der Waals surface area contributed by atoms with Gasteiger partial charge in [-0.25, -0.2) is 5.06 Å². The van der Waals surface area contributed by atoms with Crippen LogP contribution in [0.3, 0.4) is 0 Å². The number of aromatic nitrogens is 1. The number of rotatable bonds is 3.